The fourth-order valence-electron chi connectivity index (χ4n) is 3.01. The Hall–Kier alpha value is -4.34. The molecule has 1 amide bonds. The molecule has 2 aromatic carbocycles. The number of aromatic nitrogens is 4. The summed E-state index contributed by atoms with van der Waals surface area (Å²) in [4.78, 5) is 16.9. The Labute approximate surface area is 183 Å². The topological polar surface area (TPSA) is 124 Å². The minimum Gasteiger partial charge on any atom is -0.497 e. The van der Waals surface area contributed by atoms with Crippen molar-refractivity contribution in [2.24, 2.45) is 0 Å². The van der Waals surface area contributed by atoms with E-state index in [0.29, 0.717) is 34.5 Å². The number of carbonyl (C=O) groups is 1. The Bertz CT molecular complexity index is 1220. The highest BCUT2D eigenvalue weighted by Crippen LogP contribution is 2.33. The first-order valence-corrected chi connectivity index (χ1v) is 9.64. The molecule has 0 saturated heterocycles. The third kappa shape index (κ3) is 4.38. The maximum atomic E-state index is 12.5. The molecule has 10 nitrogen and oxygen atoms in total. The van der Waals surface area contributed by atoms with E-state index in [4.69, 9.17) is 18.7 Å². The number of H-pyrrole nitrogens is 1. The van der Waals surface area contributed by atoms with Crippen LogP contribution in [0.4, 0.5) is 0 Å². The first-order valence-electron chi connectivity index (χ1n) is 9.64. The molecular weight excluding hydrogens is 414 g/mol. The largest absolute Gasteiger partial charge is 0.497 e. The third-order valence-corrected chi connectivity index (χ3v) is 4.71. The van der Waals surface area contributed by atoms with Crippen molar-refractivity contribution in [3.63, 3.8) is 0 Å². The summed E-state index contributed by atoms with van der Waals surface area (Å²) in [6, 6.07) is 14.2. The lowest BCUT2D eigenvalue weighted by Crippen LogP contribution is -2.23. The number of nitrogens with one attached hydrogen (secondary N) is 2. The second-order valence-corrected chi connectivity index (χ2v) is 6.66. The van der Waals surface area contributed by atoms with Crippen LogP contribution in [0.3, 0.4) is 0 Å². The van der Waals surface area contributed by atoms with E-state index in [1.165, 1.54) is 6.07 Å². The Morgan fingerprint density at radius 3 is 2.47 bits per heavy atom. The van der Waals surface area contributed by atoms with Gasteiger partial charge in [-0.2, -0.15) is 5.10 Å². The number of carbonyl (C=O) groups excluding carboxylic acids is 1. The number of benzene rings is 2. The zero-order chi connectivity index (χ0) is 22.5. The van der Waals surface area contributed by atoms with Gasteiger partial charge in [0.25, 0.3) is 5.91 Å². The van der Waals surface area contributed by atoms with Crippen LogP contribution in [0.1, 0.15) is 16.3 Å². The third-order valence-electron chi connectivity index (χ3n) is 4.71. The SMILES string of the molecule is COc1ccc(-c2n[nH]c(CNC(=O)c3cc(-c4cc(OC)ccc4OC)on3)n2)cc1. The van der Waals surface area contributed by atoms with Gasteiger partial charge in [-0.05, 0) is 42.5 Å². The minimum absolute atomic E-state index is 0.125. The molecular formula is C22H21N5O5. The highest BCUT2D eigenvalue weighted by Gasteiger charge is 2.17. The monoisotopic (exact) mass is 435 g/mol. The van der Waals surface area contributed by atoms with Crippen LogP contribution in [0.5, 0.6) is 17.2 Å². The van der Waals surface area contributed by atoms with Gasteiger partial charge in [-0.1, -0.05) is 5.16 Å². The first-order chi connectivity index (χ1) is 15.6. The molecule has 2 heterocycles. The average molecular weight is 435 g/mol. The van der Waals surface area contributed by atoms with E-state index < -0.39 is 5.91 Å². The van der Waals surface area contributed by atoms with Gasteiger partial charge in [0.1, 0.15) is 23.1 Å². The number of amides is 1. The molecule has 0 fully saturated rings. The van der Waals surface area contributed by atoms with Crippen molar-refractivity contribution in [2.45, 2.75) is 6.54 Å². The Kier molecular flexibility index (Phi) is 6.02. The fraction of sp³-hybridized carbons (Fsp3) is 0.182. The zero-order valence-electron chi connectivity index (χ0n) is 17.7. The van der Waals surface area contributed by atoms with Crippen LogP contribution in [0.25, 0.3) is 22.7 Å². The Balaban J connectivity index is 1.43. The van der Waals surface area contributed by atoms with E-state index in [2.05, 4.69) is 25.7 Å². The lowest BCUT2D eigenvalue weighted by atomic mass is 10.1. The van der Waals surface area contributed by atoms with Crippen molar-refractivity contribution < 1.29 is 23.5 Å². The van der Waals surface area contributed by atoms with Crippen LogP contribution in [0.2, 0.25) is 0 Å². The lowest BCUT2D eigenvalue weighted by molar-refractivity contribution is 0.0941. The summed E-state index contributed by atoms with van der Waals surface area (Å²) in [6.07, 6.45) is 0. The summed E-state index contributed by atoms with van der Waals surface area (Å²) < 4.78 is 21.1. The minimum atomic E-state index is -0.413. The number of nitrogens with zero attached hydrogens (tertiary/aromatic N) is 3. The summed E-state index contributed by atoms with van der Waals surface area (Å²) in [5, 5.41) is 13.6. The number of methoxy groups -OCH3 is 3. The molecule has 0 spiro atoms. The highest BCUT2D eigenvalue weighted by atomic mass is 16.5. The van der Waals surface area contributed by atoms with Gasteiger partial charge in [-0.25, -0.2) is 4.98 Å². The second-order valence-electron chi connectivity index (χ2n) is 6.66. The molecule has 0 bridgehead atoms. The van der Waals surface area contributed by atoms with E-state index in [1.54, 1.807) is 39.5 Å². The molecule has 0 saturated carbocycles. The van der Waals surface area contributed by atoms with Gasteiger partial charge in [0.05, 0.1) is 33.4 Å². The summed E-state index contributed by atoms with van der Waals surface area (Å²) in [5.74, 6) is 2.93. The summed E-state index contributed by atoms with van der Waals surface area (Å²) in [6.45, 7) is 0.145. The van der Waals surface area contributed by atoms with Gasteiger partial charge in [-0.15, -0.1) is 0 Å². The van der Waals surface area contributed by atoms with Crippen LogP contribution >= 0.6 is 0 Å². The molecule has 0 radical (unpaired) electrons. The molecule has 0 unspecified atom stereocenters. The molecule has 0 atom stereocenters. The smallest absolute Gasteiger partial charge is 0.273 e. The van der Waals surface area contributed by atoms with E-state index in [9.17, 15) is 4.79 Å². The molecule has 10 heteroatoms. The predicted octanol–water partition coefficient (Wildman–Crippen LogP) is 3.08. The van der Waals surface area contributed by atoms with Crippen molar-refractivity contribution >= 4 is 5.91 Å². The standard InChI is InChI=1S/C22H21N5O5/c1-29-14-6-4-13(5-7-14)21-24-20(25-26-21)12-23-22(28)17-11-19(32-27-17)16-10-15(30-2)8-9-18(16)31-3/h4-11H,12H2,1-3H3,(H,23,28)(H,24,25,26). The van der Waals surface area contributed by atoms with Crippen molar-refractivity contribution in [2.75, 3.05) is 21.3 Å². The van der Waals surface area contributed by atoms with Crippen LogP contribution in [0.15, 0.2) is 53.1 Å². The molecule has 0 aliphatic rings. The van der Waals surface area contributed by atoms with E-state index in [-0.39, 0.29) is 12.2 Å². The number of aromatic amines is 1. The molecule has 4 rings (SSSR count). The van der Waals surface area contributed by atoms with Crippen molar-refractivity contribution in [1.82, 2.24) is 25.7 Å². The molecule has 2 aromatic heterocycles. The van der Waals surface area contributed by atoms with Crippen LogP contribution in [-0.4, -0.2) is 47.6 Å². The van der Waals surface area contributed by atoms with E-state index in [1.807, 2.05) is 24.3 Å². The van der Waals surface area contributed by atoms with Crippen molar-refractivity contribution in [3.8, 4) is 40.0 Å². The fourth-order valence-corrected chi connectivity index (χ4v) is 3.01. The molecule has 0 aliphatic carbocycles. The molecule has 32 heavy (non-hydrogen) atoms. The summed E-state index contributed by atoms with van der Waals surface area (Å²) in [7, 11) is 4.72. The number of ether oxygens (including phenoxy) is 3. The molecule has 164 valence electrons. The zero-order valence-corrected chi connectivity index (χ0v) is 17.7. The maximum absolute atomic E-state index is 12.5. The molecule has 2 N–H and O–H groups in total. The van der Waals surface area contributed by atoms with Gasteiger partial charge >= 0.3 is 0 Å². The van der Waals surface area contributed by atoms with E-state index in [0.717, 1.165) is 11.3 Å². The van der Waals surface area contributed by atoms with Crippen LogP contribution in [-0.2, 0) is 6.54 Å². The molecule has 4 aromatic rings. The number of rotatable bonds is 8. The van der Waals surface area contributed by atoms with Gasteiger partial charge in [0, 0.05) is 11.6 Å². The van der Waals surface area contributed by atoms with Gasteiger partial charge in [-0.3, -0.25) is 9.89 Å². The van der Waals surface area contributed by atoms with Crippen LogP contribution in [0, 0.1) is 0 Å². The summed E-state index contributed by atoms with van der Waals surface area (Å²) in [5.41, 5.74) is 1.57. The first kappa shape index (κ1) is 20.9. The van der Waals surface area contributed by atoms with Gasteiger partial charge in [0.2, 0.25) is 0 Å². The second kappa shape index (κ2) is 9.21. The normalized spacial score (nSPS) is 10.6. The van der Waals surface area contributed by atoms with Gasteiger partial charge in [0.15, 0.2) is 17.3 Å². The van der Waals surface area contributed by atoms with Gasteiger partial charge < -0.3 is 24.1 Å². The van der Waals surface area contributed by atoms with Crippen molar-refractivity contribution in [3.05, 3.63) is 60.0 Å². The summed E-state index contributed by atoms with van der Waals surface area (Å²) >= 11 is 0. The number of hydrogen-bond acceptors (Lipinski definition) is 8. The lowest BCUT2D eigenvalue weighted by Gasteiger charge is -2.07. The van der Waals surface area contributed by atoms with E-state index >= 15 is 0 Å². The Morgan fingerprint density at radius 1 is 1.00 bits per heavy atom. The van der Waals surface area contributed by atoms with Crippen LogP contribution < -0.4 is 19.5 Å². The Morgan fingerprint density at radius 2 is 1.75 bits per heavy atom. The number of hydrogen-bond donors (Lipinski definition) is 2. The average Bonchev–Trinajstić information content (AvgIpc) is 3.52. The highest BCUT2D eigenvalue weighted by molar-refractivity contribution is 5.93. The quantitative estimate of drug-likeness (QED) is 0.433. The molecule has 0 aliphatic heterocycles. The predicted molar refractivity (Wildman–Crippen MR) is 115 cm³/mol. The maximum Gasteiger partial charge on any atom is 0.273 e. The van der Waals surface area contributed by atoms with Crippen molar-refractivity contribution in [1.29, 1.82) is 0 Å².